The van der Waals surface area contributed by atoms with Gasteiger partial charge in [-0.05, 0) is 166 Å². The van der Waals surface area contributed by atoms with Gasteiger partial charge >= 0.3 is 5.97 Å². The number of hydrogen-bond donors (Lipinski definition) is 2. The Labute approximate surface area is 555 Å². The number of carboxylic acids is 1. The van der Waals surface area contributed by atoms with Crippen LogP contribution in [0.1, 0.15) is 99.8 Å². The average Bonchev–Trinajstić information content (AvgIpc) is 0.799. The van der Waals surface area contributed by atoms with Gasteiger partial charge in [0.1, 0.15) is 37.8 Å². The summed E-state index contributed by atoms with van der Waals surface area (Å²) in [6.45, 7) is 7.36. The van der Waals surface area contributed by atoms with Crippen LogP contribution in [0.25, 0.3) is 12.2 Å². The number of fused-ring (bicyclic) bond motifs is 2. The molecule has 10 aromatic rings. The van der Waals surface area contributed by atoms with Crippen molar-refractivity contribution in [2.24, 2.45) is 0 Å². The fourth-order valence-corrected chi connectivity index (χ4v) is 11.1. The van der Waals surface area contributed by atoms with E-state index in [-0.39, 0.29) is 23.7 Å². The van der Waals surface area contributed by atoms with Crippen LogP contribution in [0.2, 0.25) is 0 Å². The Morgan fingerprint density at radius 3 is 1.26 bits per heavy atom. The number of rotatable bonds is 22. The van der Waals surface area contributed by atoms with Crippen LogP contribution < -0.4 is 43.2 Å². The molecule has 0 fully saturated rings. The van der Waals surface area contributed by atoms with Gasteiger partial charge in [-0.3, -0.25) is 9.78 Å². The number of ether oxygens (including phenoxy) is 8. The van der Waals surface area contributed by atoms with Gasteiger partial charge < -0.3 is 53.2 Å². The van der Waals surface area contributed by atoms with Gasteiger partial charge in [0.05, 0.1) is 40.5 Å². The lowest BCUT2D eigenvalue weighted by Crippen LogP contribution is -2.39. The average molecular weight is 1270 g/mol. The second-order valence-electron chi connectivity index (χ2n) is 22.5. The van der Waals surface area contributed by atoms with Gasteiger partial charge in [-0.15, -0.1) is 0 Å². The number of nitrogens with zero attached hydrogens (tertiary/aromatic N) is 3. The van der Waals surface area contributed by atoms with Crippen molar-refractivity contribution in [3.8, 4) is 46.0 Å². The maximum atomic E-state index is 13.9. The third-order valence-corrected chi connectivity index (χ3v) is 16.2. The number of aromatic carboxylic acids is 1. The zero-order chi connectivity index (χ0) is 66.3. The van der Waals surface area contributed by atoms with E-state index >= 15 is 0 Å². The first-order chi connectivity index (χ1) is 46.5. The maximum Gasteiger partial charge on any atom is 0.354 e. The SMILES string of the molecule is COc1cc(C)c(/C=C/C2NCCc3cc(OCc4ccccc4)c(OC)cc32)cc1OCc1ccccc1.COc1cc(C)c(/C=C/C2c3cc(OC)c(OCc4ccccc4)cc3CCN2C(=O)c2ccccn2)cc1OCc1ccccc1.O=C(O)c1ccccn1. The van der Waals surface area contributed by atoms with E-state index in [2.05, 4.69) is 95.0 Å². The number of pyridine rings is 2. The third kappa shape index (κ3) is 17.9. The molecule has 1 amide bonds. The van der Waals surface area contributed by atoms with Crippen LogP contribution in [0, 0.1) is 13.8 Å². The van der Waals surface area contributed by atoms with Crippen LogP contribution in [0.15, 0.2) is 231 Å². The third-order valence-electron chi connectivity index (χ3n) is 16.2. The number of carbonyl (C=O) groups is 2. The van der Waals surface area contributed by atoms with Gasteiger partial charge in [-0.2, -0.15) is 0 Å². The first-order valence-electron chi connectivity index (χ1n) is 31.4. The molecule has 2 aliphatic heterocycles. The highest BCUT2D eigenvalue weighted by Gasteiger charge is 2.32. The van der Waals surface area contributed by atoms with E-state index in [9.17, 15) is 9.59 Å². The largest absolute Gasteiger partial charge is 0.493 e. The summed E-state index contributed by atoms with van der Waals surface area (Å²) in [7, 11) is 6.65. The molecular formula is C80H78N4O11. The van der Waals surface area contributed by atoms with Gasteiger partial charge in [0.25, 0.3) is 5.91 Å². The molecule has 0 saturated carbocycles. The number of aromatic nitrogens is 2. The van der Waals surface area contributed by atoms with E-state index in [0.29, 0.717) is 68.1 Å². The molecular weight excluding hydrogens is 1190 g/mol. The Morgan fingerprint density at radius 2 is 0.853 bits per heavy atom. The summed E-state index contributed by atoms with van der Waals surface area (Å²) in [5.41, 5.74) is 13.6. The first kappa shape index (κ1) is 66.8. The van der Waals surface area contributed by atoms with Gasteiger partial charge in [0.2, 0.25) is 0 Å². The second-order valence-corrected chi connectivity index (χ2v) is 22.5. The summed E-state index contributed by atoms with van der Waals surface area (Å²) in [5, 5.41) is 12.0. The molecule has 0 bridgehead atoms. The number of aryl methyl sites for hydroxylation is 2. The standard InChI is InChI=1S/C40H38N2O5.C34H35NO4.C6H5NO2/c1-28-22-36(44-2)38(46-26-29-12-6-4-7-13-29)23-31(28)17-18-35-33-25-37(45-3)39(47-27-30-14-8-5-9-15-30)24-32(33)19-21-42(35)40(43)34-16-10-11-20-41-34;1-24-18-31(36-2)33(38-22-25-10-6-4-7-11-25)19-27(24)14-15-30-29-21-32(37-3)34(20-28(29)16-17-35-30)39-23-26-12-8-5-9-13-26;8-6(9)5-3-1-2-4-7-5/h4-18,20,22-25,35H,19,21,26-27H2,1-3H3;4-15,18-21,30,35H,16-17,22-23H2,1-3H3;1-4H,(H,8,9)/b18-17+;15-14+;. The van der Waals surface area contributed by atoms with Crippen molar-refractivity contribution < 1.29 is 52.6 Å². The molecule has 0 saturated heterocycles. The number of carbonyl (C=O) groups excluding carboxylic acids is 1. The van der Waals surface area contributed by atoms with E-state index < -0.39 is 5.97 Å². The Bertz CT molecular complexity index is 4200. The smallest absolute Gasteiger partial charge is 0.354 e. The molecule has 2 N–H and O–H groups in total. The lowest BCUT2D eigenvalue weighted by molar-refractivity contribution is 0.0683. The van der Waals surface area contributed by atoms with Crippen molar-refractivity contribution in [3.63, 3.8) is 0 Å². The number of methoxy groups -OCH3 is 4. The van der Waals surface area contributed by atoms with Crippen molar-refractivity contribution in [1.29, 1.82) is 0 Å². The quantitative estimate of drug-likeness (QED) is 0.0657. The summed E-state index contributed by atoms with van der Waals surface area (Å²) in [5.74, 6) is 4.45. The summed E-state index contributed by atoms with van der Waals surface area (Å²) >= 11 is 0. The highest BCUT2D eigenvalue weighted by Crippen LogP contribution is 2.42. The molecule has 2 unspecified atom stereocenters. The molecule has 0 spiro atoms. The molecule has 8 aromatic carbocycles. The molecule has 484 valence electrons. The predicted molar refractivity (Wildman–Crippen MR) is 370 cm³/mol. The van der Waals surface area contributed by atoms with Gasteiger partial charge in [-0.25, -0.2) is 9.78 Å². The van der Waals surface area contributed by atoms with Crippen molar-refractivity contribution in [2.45, 2.75) is 65.2 Å². The number of hydrogen-bond acceptors (Lipinski definition) is 13. The minimum absolute atomic E-state index is 0.0565. The summed E-state index contributed by atoms with van der Waals surface area (Å²) < 4.78 is 47.6. The van der Waals surface area contributed by atoms with Gasteiger partial charge in [0, 0.05) is 25.5 Å². The molecule has 2 aromatic heterocycles. The fourth-order valence-electron chi connectivity index (χ4n) is 11.1. The Balaban J connectivity index is 0.000000185. The summed E-state index contributed by atoms with van der Waals surface area (Å²) in [6, 6.07) is 66.6. The molecule has 15 heteroatoms. The van der Waals surface area contributed by atoms with Crippen molar-refractivity contribution in [3.05, 3.63) is 309 Å². The monoisotopic (exact) mass is 1270 g/mol. The molecule has 2 aliphatic rings. The Morgan fingerprint density at radius 1 is 0.463 bits per heavy atom. The highest BCUT2D eigenvalue weighted by molar-refractivity contribution is 5.93. The zero-order valence-corrected chi connectivity index (χ0v) is 54.3. The van der Waals surface area contributed by atoms with E-state index in [4.69, 9.17) is 43.0 Å². The fraction of sp³-hybridized carbons (Fsp3) is 0.200. The van der Waals surface area contributed by atoms with Gasteiger partial charge in [0.15, 0.2) is 46.0 Å². The molecule has 0 radical (unpaired) electrons. The molecule has 95 heavy (non-hydrogen) atoms. The van der Waals surface area contributed by atoms with E-state index in [1.165, 1.54) is 23.4 Å². The van der Waals surface area contributed by atoms with Crippen LogP contribution in [0.3, 0.4) is 0 Å². The lowest BCUT2D eigenvalue weighted by Gasteiger charge is -2.36. The molecule has 15 nitrogen and oxygen atoms in total. The van der Waals surface area contributed by atoms with Crippen molar-refractivity contribution >= 4 is 24.0 Å². The summed E-state index contributed by atoms with van der Waals surface area (Å²) in [6.07, 6.45) is 13.2. The second kappa shape index (κ2) is 33.4. The molecule has 4 heterocycles. The first-order valence-corrected chi connectivity index (χ1v) is 31.4. The number of carboxylic acid groups (broad SMARTS) is 1. The number of nitrogens with one attached hydrogen (secondary N) is 1. The normalized spacial score (nSPS) is 13.8. The molecule has 2 atom stereocenters. The maximum absolute atomic E-state index is 13.9. The van der Waals surface area contributed by atoms with E-state index in [1.807, 2.05) is 145 Å². The predicted octanol–water partition coefficient (Wildman–Crippen LogP) is 15.9. The number of amides is 1. The minimum Gasteiger partial charge on any atom is -0.493 e. The van der Waals surface area contributed by atoms with E-state index in [0.717, 1.165) is 91.6 Å². The Hall–Kier alpha value is -11.2. The van der Waals surface area contributed by atoms with E-state index in [1.54, 1.807) is 52.8 Å². The molecule has 0 aliphatic carbocycles. The summed E-state index contributed by atoms with van der Waals surface area (Å²) in [4.78, 5) is 33.8. The lowest BCUT2D eigenvalue weighted by atomic mass is 9.90. The molecule has 12 rings (SSSR count). The van der Waals surface area contributed by atoms with Crippen LogP contribution in [0.5, 0.6) is 46.0 Å². The van der Waals surface area contributed by atoms with Crippen molar-refractivity contribution in [1.82, 2.24) is 20.2 Å². The van der Waals surface area contributed by atoms with Crippen LogP contribution >= 0.6 is 0 Å². The number of benzene rings is 8. The van der Waals surface area contributed by atoms with Crippen molar-refractivity contribution in [2.75, 3.05) is 41.5 Å². The highest BCUT2D eigenvalue weighted by atomic mass is 16.5. The topological polar surface area (TPSA) is 169 Å². The van der Waals surface area contributed by atoms with Gasteiger partial charge in [-0.1, -0.05) is 158 Å². The Kier molecular flexibility index (Phi) is 23.5. The minimum atomic E-state index is -0.990. The zero-order valence-electron chi connectivity index (χ0n) is 54.3. The van der Waals surface area contributed by atoms with Crippen LogP contribution in [0.4, 0.5) is 0 Å². The van der Waals surface area contributed by atoms with Crippen LogP contribution in [-0.2, 0) is 39.3 Å². The van der Waals surface area contributed by atoms with Crippen LogP contribution in [-0.4, -0.2) is 73.4 Å².